The molecule has 0 radical (unpaired) electrons. The molecule has 5 aliphatic carbocycles. The number of imidazole rings is 1. The maximum atomic E-state index is 11.7. The highest BCUT2D eigenvalue weighted by Gasteiger charge is 2.51. The molecule has 0 atom stereocenters. The molecule has 1 heterocycles. The summed E-state index contributed by atoms with van der Waals surface area (Å²) in [5, 5.41) is 9.60. The number of nitrogens with one attached hydrogen (secondary N) is 1. The minimum absolute atomic E-state index is 0.000630. The van der Waals surface area contributed by atoms with Crippen LogP contribution in [0.2, 0.25) is 0 Å². The number of aromatic carboxylic acids is 1. The summed E-state index contributed by atoms with van der Waals surface area (Å²) in [6.45, 7) is 0.369. The van der Waals surface area contributed by atoms with Crippen molar-refractivity contribution in [3.63, 3.8) is 0 Å². The molecule has 0 spiro atoms. The molecule has 5 aliphatic rings. The van der Waals surface area contributed by atoms with Crippen molar-refractivity contribution >= 4 is 5.97 Å². The third kappa shape index (κ3) is 2.98. The van der Waals surface area contributed by atoms with Crippen molar-refractivity contribution in [1.82, 2.24) is 9.97 Å². The Balaban J connectivity index is 1.33. The molecule has 5 fully saturated rings. The van der Waals surface area contributed by atoms with Crippen LogP contribution in [0.1, 0.15) is 98.6 Å². The summed E-state index contributed by atoms with van der Waals surface area (Å²) in [4.78, 5) is 19.5. The van der Waals surface area contributed by atoms with E-state index in [1.165, 1.54) is 57.8 Å². The largest absolute Gasteiger partial charge is 0.476 e. The summed E-state index contributed by atoms with van der Waals surface area (Å²) < 4.78 is 6.49. The third-order valence-electron chi connectivity index (χ3n) is 7.50. The Hall–Kier alpha value is -1.36. The van der Waals surface area contributed by atoms with Crippen molar-refractivity contribution in [2.75, 3.05) is 0 Å². The number of carboxylic acid groups (broad SMARTS) is 1. The lowest BCUT2D eigenvalue weighted by Gasteiger charge is -2.56. The molecule has 0 aliphatic heterocycles. The molecule has 4 bridgehead atoms. The lowest BCUT2D eigenvalue weighted by atomic mass is 9.54. The normalized spacial score (nSPS) is 36.5. The first kappa shape index (κ1) is 16.8. The van der Waals surface area contributed by atoms with Crippen LogP contribution in [0, 0.1) is 17.8 Å². The van der Waals surface area contributed by atoms with Crippen molar-refractivity contribution in [2.24, 2.45) is 17.8 Å². The van der Waals surface area contributed by atoms with Crippen LogP contribution in [0.5, 0.6) is 0 Å². The first-order valence-corrected chi connectivity index (χ1v) is 10.6. The molecule has 6 rings (SSSR count). The molecular formula is C21H30N2O3. The van der Waals surface area contributed by atoms with Gasteiger partial charge in [0.2, 0.25) is 0 Å². The number of hydrogen-bond acceptors (Lipinski definition) is 3. The van der Waals surface area contributed by atoms with E-state index in [0.717, 1.165) is 36.4 Å². The average Bonchev–Trinajstić information content (AvgIpc) is 3.04. The van der Waals surface area contributed by atoms with Gasteiger partial charge in [-0.2, -0.15) is 0 Å². The Morgan fingerprint density at radius 3 is 2.27 bits per heavy atom. The molecule has 0 amide bonds. The lowest BCUT2D eigenvalue weighted by molar-refractivity contribution is -0.169. The van der Waals surface area contributed by atoms with Gasteiger partial charge in [-0.05, 0) is 69.1 Å². The molecule has 0 aromatic carbocycles. The van der Waals surface area contributed by atoms with E-state index in [1.54, 1.807) is 0 Å². The van der Waals surface area contributed by atoms with Crippen LogP contribution < -0.4 is 0 Å². The zero-order valence-electron chi connectivity index (χ0n) is 15.5. The minimum atomic E-state index is -0.938. The number of aromatic nitrogens is 2. The Labute approximate surface area is 154 Å². The fourth-order valence-corrected chi connectivity index (χ4v) is 6.71. The molecule has 142 valence electrons. The van der Waals surface area contributed by atoms with E-state index in [2.05, 4.69) is 9.97 Å². The van der Waals surface area contributed by atoms with Crippen LogP contribution in [0.4, 0.5) is 0 Å². The SMILES string of the molecule is O=C(O)c1nc(C2CCCCC2)[nH]c1COC12CC3CC(CC(C3)C1)C2. The van der Waals surface area contributed by atoms with E-state index < -0.39 is 5.97 Å². The van der Waals surface area contributed by atoms with Gasteiger partial charge in [0, 0.05) is 5.92 Å². The summed E-state index contributed by atoms with van der Waals surface area (Å²) in [7, 11) is 0. The Morgan fingerprint density at radius 2 is 1.69 bits per heavy atom. The Kier molecular flexibility index (Phi) is 4.11. The van der Waals surface area contributed by atoms with Crippen molar-refractivity contribution in [2.45, 2.75) is 88.8 Å². The van der Waals surface area contributed by atoms with Gasteiger partial charge in [-0.3, -0.25) is 0 Å². The predicted molar refractivity (Wildman–Crippen MR) is 97.1 cm³/mol. The summed E-state index contributed by atoms with van der Waals surface area (Å²) in [6.07, 6.45) is 13.6. The van der Waals surface area contributed by atoms with Crippen molar-refractivity contribution in [1.29, 1.82) is 0 Å². The zero-order valence-corrected chi connectivity index (χ0v) is 15.5. The number of aromatic amines is 1. The first-order chi connectivity index (χ1) is 12.6. The number of H-pyrrole nitrogens is 1. The standard InChI is InChI=1S/C21H30N2O3/c24-20(25)18-17(22-19(23-18)16-4-2-1-3-5-16)12-26-21-9-13-6-14(10-21)8-15(7-13)11-21/h13-16H,1-12H2,(H,22,23)(H,24,25). The van der Waals surface area contributed by atoms with Crippen LogP contribution in [-0.2, 0) is 11.3 Å². The zero-order chi connectivity index (χ0) is 17.7. The maximum Gasteiger partial charge on any atom is 0.356 e. The van der Waals surface area contributed by atoms with Gasteiger partial charge in [-0.25, -0.2) is 9.78 Å². The Bertz CT molecular complexity index is 654. The van der Waals surface area contributed by atoms with Gasteiger partial charge in [0.1, 0.15) is 5.82 Å². The summed E-state index contributed by atoms with van der Waals surface area (Å²) in [5.41, 5.74) is 0.852. The highest BCUT2D eigenvalue weighted by atomic mass is 16.5. The average molecular weight is 358 g/mol. The van der Waals surface area contributed by atoms with Crippen LogP contribution >= 0.6 is 0 Å². The quantitative estimate of drug-likeness (QED) is 0.804. The van der Waals surface area contributed by atoms with E-state index in [0.29, 0.717) is 18.2 Å². The molecule has 2 N–H and O–H groups in total. The van der Waals surface area contributed by atoms with Crippen molar-refractivity contribution in [3.05, 3.63) is 17.2 Å². The summed E-state index contributed by atoms with van der Waals surface area (Å²) in [6, 6.07) is 0. The minimum Gasteiger partial charge on any atom is -0.476 e. The highest BCUT2D eigenvalue weighted by molar-refractivity contribution is 5.86. The molecule has 5 saturated carbocycles. The fraction of sp³-hybridized carbons (Fsp3) is 0.810. The molecule has 5 nitrogen and oxygen atoms in total. The van der Waals surface area contributed by atoms with E-state index in [9.17, 15) is 9.90 Å². The van der Waals surface area contributed by atoms with Crippen molar-refractivity contribution in [3.8, 4) is 0 Å². The number of hydrogen-bond donors (Lipinski definition) is 2. The van der Waals surface area contributed by atoms with E-state index in [-0.39, 0.29) is 11.3 Å². The van der Waals surface area contributed by atoms with Crippen LogP contribution in [0.25, 0.3) is 0 Å². The van der Waals surface area contributed by atoms with Crippen LogP contribution in [0.15, 0.2) is 0 Å². The first-order valence-electron chi connectivity index (χ1n) is 10.6. The number of rotatable bonds is 5. The number of carbonyl (C=O) groups is 1. The molecular weight excluding hydrogens is 328 g/mol. The van der Waals surface area contributed by atoms with E-state index in [4.69, 9.17) is 4.74 Å². The molecule has 1 aromatic rings. The topological polar surface area (TPSA) is 75.2 Å². The van der Waals surface area contributed by atoms with Gasteiger partial charge in [0.15, 0.2) is 5.69 Å². The molecule has 1 aromatic heterocycles. The van der Waals surface area contributed by atoms with Gasteiger partial charge in [0.05, 0.1) is 17.9 Å². The van der Waals surface area contributed by atoms with Crippen molar-refractivity contribution < 1.29 is 14.6 Å². The monoisotopic (exact) mass is 358 g/mol. The van der Waals surface area contributed by atoms with E-state index in [1.807, 2.05) is 0 Å². The molecule has 26 heavy (non-hydrogen) atoms. The van der Waals surface area contributed by atoms with Gasteiger partial charge < -0.3 is 14.8 Å². The van der Waals surface area contributed by atoms with Gasteiger partial charge in [-0.1, -0.05) is 19.3 Å². The number of ether oxygens (including phenoxy) is 1. The van der Waals surface area contributed by atoms with Crippen LogP contribution in [-0.4, -0.2) is 26.6 Å². The van der Waals surface area contributed by atoms with Gasteiger partial charge in [0.25, 0.3) is 0 Å². The molecule has 0 unspecified atom stereocenters. The van der Waals surface area contributed by atoms with Crippen LogP contribution in [0.3, 0.4) is 0 Å². The number of carboxylic acids is 1. The van der Waals surface area contributed by atoms with Gasteiger partial charge >= 0.3 is 5.97 Å². The number of nitrogens with zero attached hydrogens (tertiary/aromatic N) is 1. The van der Waals surface area contributed by atoms with Gasteiger partial charge in [-0.15, -0.1) is 0 Å². The predicted octanol–water partition coefficient (Wildman–Crippen LogP) is 4.64. The highest BCUT2D eigenvalue weighted by Crippen LogP contribution is 2.57. The fourth-order valence-electron chi connectivity index (χ4n) is 6.71. The molecule has 0 saturated heterocycles. The summed E-state index contributed by atoms with van der Waals surface area (Å²) in [5.74, 6) is 2.81. The lowest BCUT2D eigenvalue weighted by Crippen LogP contribution is -2.51. The Morgan fingerprint density at radius 1 is 1.08 bits per heavy atom. The smallest absolute Gasteiger partial charge is 0.356 e. The summed E-state index contributed by atoms with van der Waals surface area (Å²) >= 11 is 0. The molecule has 5 heteroatoms. The second kappa shape index (κ2) is 6.36. The van der Waals surface area contributed by atoms with E-state index >= 15 is 0 Å². The maximum absolute atomic E-state index is 11.7. The third-order valence-corrected chi connectivity index (χ3v) is 7.50. The second-order valence-electron chi connectivity index (χ2n) is 9.48. The second-order valence-corrected chi connectivity index (χ2v) is 9.48.